The molecular formula is C7H7NO. The molecule has 1 aromatic rings. The van der Waals surface area contributed by atoms with Crippen molar-refractivity contribution in [1.29, 1.82) is 0 Å². The Bertz CT molecular complexity index is 162. The van der Waals surface area contributed by atoms with Gasteiger partial charge in [-0.15, -0.1) is 0 Å². The Morgan fingerprint density at radius 3 is 2.44 bits per heavy atom. The van der Waals surface area contributed by atoms with Gasteiger partial charge in [0, 0.05) is 0 Å². The van der Waals surface area contributed by atoms with Crippen LogP contribution in [-0.4, -0.2) is 5.21 Å². The van der Waals surface area contributed by atoms with Crippen LogP contribution >= 0.6 is 0 Å². The SMILES string of the molecule is ON[C]c1ccccc1. The van der Waals surface area contributed by atoms with Gasteiger partial charge in [0.25, 0.3) is 0 Å². The largest absolute Gasteiger partial charge is 0.316 e. The molecule has 0 aliphatic carbocycles. The highest BCUT2D eigenvalue weighted by atomic mass is 16.5. The van der Waals surface area contributed by atoms with Crippen LogP contribution in [0.1, 0.15) is 5.56 Å². The van der Waals surface area contributed by atoms with Crippen LogP contribution in [0.15, 0.2) is 30.3 Å². The van der Waals surface area contributed by atoms with Crippen LogP contribution in [0, 0.1) is 6.54 Å². The zero-order valence-electron chi connectivity index (χ0n) is 4.83. The summed E-state index contributed by atoms with van der Waals surface area (Å²) in [5.74, 6) is 0. The summed E-state index contributed by atoms with van der Waals surface area (Å²) in [6.45, 7) is 2.51. The van der Waals surface area contributed by atoms with E-state index in [9.17, 15) is 0 Å². The standard InChI is InChI=1S/C7H7NO/c9-8-6-7-4-2-1-3-5-7/h1-5,8-9H. The summed E-state index contributed by atoms with van der Waals surface area (Å²) in [4.78, 5) is 0. The van der Waals surface area contributed by atoms with Crippen LogP contribution < -0.4 is 5.48 Å². The fourth-order valence-corrected chi connectivity index (χ4v) is 0.586. The van der Waals surface area contributed by atoms with Gasteiger partial charge in [-0.25, -0.2) is 0 Å². The minimum atomic E-state index is 0.833. The highest BCUT2D eigenvalue weighted by molar-refractivity contribution is 5.20. The summed E-state index contributed by atoms with van der Waals surface area (Å²) in [6, 6.07) is 9.33. The lowest BCUT2D eigenvalue weighted by Gasteiger charge is -1.92. The Balaban J connectivity index is 2.61. The number of hydroxylamine groups is 1. The zero-order valence-corrected chi connectivity index (χ0v) is 4.83. The van der Waals surface area contributed by atoms with Crippen molar-refractivity contribution in [3.8, 4) is 0 Å². The van der Waals surface area contributed by atoms with Gasteiger partial charge in [-0.1, -0.05) is 30.3 Å². The van der Waals surface area contributed by atoms with Crippen LogP contribution in [0.3, 0.4) is 0 Å². The molecule has 9 heavy (non-hydrogen) atoms. The Morgan fingerprint density at radius 2 is 1.89 bits per heavy atom. The lowest BCUT2D eigenvalue weighted by atomic mass is 10.2. The van der Waals surface area contributed by atoms with E-state index in [4.69, 9.17) is 5.21 Å². The molecule has 2 radical (unpaired) electrons. The predicted molar refractivity (Wildman–Crippen MR) is 33.7 cm³/mol. The Kier molecular flexibility index (Phi) is 2.24. The van der Waals surface area contributed by atoms with Crippen molar-refractivity contribution in [1.82, 2.24) is 5.48 Å². The second kappa shape index (κ2) is 3.22. The summed E-state index contributed by atoms with van der Waals surface area (Å²) in [7, 11) is 0. The van der Waals surface area contributed by atoms with E-state index < -0.39 is 0 Å². The second-order valence-electron chi connectivity index (χ2n) is 1.60. The van der Waals surface area contributed by atoms with Crippen molar-refractivity contribution in [2.75, 3.05) is 0 Å². The molecule has 2 nitrogen and oxygen atoms in total. The summed E-state index contributed by atoms with van der Waals surface area (Å²) >= 11 is 0. The molecular weight excluding hydrogens is 114 g/mol. The molecule has 2 heteroatoms. The van der Waals surface area contributed by atoms with Gasteiger partial charge in [0.2, 0.25) is 0 Å². The molecule has 0 fully saturated rings. The van der Waals surface area contributed by atoms with Crippen molar-refractivity contribution in [3.05, 3.63) is 42.4 Å². The van der Waals surface area contributed by atoms with Crippen LogP contribution in [0.5, 0.6) is 0 Å². The molecule has 1 aromatic carbocycles. The van der Waals surface area contributed by atoms with Gasteiger partial charge < -0.3 is 5.21 Å². The Labute approximate surface area is 54.1 Å². The lowest BCUT2D eigenvalue weighted by molar-refractivity contribution is 0.200. The quantitative estimate of drug-likeness (QED) is 0.453. The minimum absolute atomic E-state index is 0.833. The van der Waals surface area contributed by atoms with Crippen LogP contribution in [0.25, 0.3) is 0 Å². The first-order valence-electron chi connectivity index (χ1n) is 2.63. The molecule has 46 valence electrons. The molecule has 0 unspecified atom stereocenters. The van der Waals surface area contributed by atoms with E-state index in [1.807, 2.05) is 35.8 Å². The number of hydrogen-bond donors (Lipinski definition) is 2. The molecule has 0 spiro atoms. The van der Waals surface area contributed by atoms with Gasteiger partial charge in [-0.2, -0.15) is 5.48 Å². The van der Waals surface area contributed by atoms with Gasteiger partial charge in [-0.05, 0) is 5.56 Å². The molecule has 0 amide bonds. The van der Waals surface area contributed by atoms with E-state index >= 15 is 0 Å². The summed E-state index contributed by atoms with van der Waals surface area (Å²) in [5, 5.41) is 8.16. The van der Waals surface area contributed by atoms with Crippen LogP contribution in [0.4, 0.5) is 0 Å². The van der Waals surface area contributed by atoms with E-state index in [1.54, 1.807) is 0 Å². The van der Waals surface area contributed by atoms with Gasteiger partial charge in [0.05, 0.1) is 0 Å². The molecule has 2 N–H and O–H groups in total. The molecule has 0 aliphatic heterocycles. The van der Waals surface area contributed by atoms with E-state index in [1.165, 1.54) is 0 Å². The third kappa shape index (κ3) is 1.83. The van der Waals surface area contributed by atoms with Gasteiger partial charge >= 0.3 is 0 Å². The smallest absolute Gasteiger partial charge is 0.121 e. The minimum Gasteiger partial charge on any atom is -0.316 e. The number of hydrogen-bond acceptors (Lipinski definition) is 2. The number of nitrogens with one attached hydrogen (secondary N) is 1. The monoisotopic (exact) mass is 121 g/mol. The predicted octanol–water partition coefficient (Wildman–Crippen LogP) is 1.05. The van der Waals surface area contributed by atoms with Crippen LogP contribution in [-0.2, 0) is 0 Å². The molecule has 0 heterocycles. The van der Waals surface area contributed by atoms with Gasteiger partial charge in [-0.3, -0.25) is 0 Å². The maximum absolute atomic E-state index is 8.16. The first-order valence-corrected chi connectivity index (χ1v) is 2.63. The highest BCUT2D eigenvalue weighted by Gasteiger charge is 1.86. The molecule has 0 bridgehead atoms. The summed E-state index contributed by atoms with van der Waals surface area (Å²) < 4.78 is 0. The van der Waals surface area contributed by atoms with Crippen molar-refractivity contribution < 1.29 is 5.21 Å². The zero-order chi connectivity index (χ0) is 6.53. The Morgan fingerprint density at radius 1 is 1.22 bits per heavy atom. The third-order valence-corrected chi connectivity index (χ3v) is 0.974. The normalized spacial score (nSPS) is 9.44. The molecule has 0 aromatic heterocycles. The van der Waals surface area contributed by atoms with Crippen molar-refractivity contribution in [3.63, 3.8) is 0 Å². The molecule has 0 saturated carbocycles. The van der Waals surface area contributed by atoms with E-state index in [-0.39, 0.29) is 0 Å². The Hall–Kier alpha value is -0.860. The first kappa shape index (κ1) is 6.26. The van der Waals surface area contributed by atoms with Crippen molar-refractivity contribution in [2.24, 2.45) is 0 Å². The van der Waals surface area contributed by atoms with E-state index in [2.05, 4.69) is 6.54 Å². The van der Waals surface area contributed by atoms with Crippen molar-refractivity contribution >= 4 is 0 Å². The third-order valence-electron chi connectivity index (χ3n) is 0.974. The van der Waals surface area contributed by atoms with Gasteiger partial charge in [0.15, 0.2) is 0 Å². The first-order chi connectivity index (χ1) is 4.43. The average Bonchev–Trinajstić information content (AvgIpc) is 1.91. The number of rotatable bonds is 2. The maximum atomic E-state index is 8.16. The second-order valence-corrected chi connectivity index (χ2v) is 1.60. The van der Waals surface area contributed by atoms with Gasteiger partial charge in [0.1, 0.15) is 6.54 Å². The molecule has 0 aliphatic rings. The topological polar surface area (TPSA) is 32.3 Å². The lowest BCUT2D eigenvalue weighted by Crippen LogP contribution is -2.01. The molecule has 0 atom stereocenters. The fourth-order valence-electron chi connectivity index (χ4n) is 0.586. The fraction of sp³-hybridized carbons (Fsp3) is 0. The molecule has 1 rings (SSSR count). The number of benzene rings is 1. The summed E-state index contributed by atoms with van der Waals surface area (Å²) in [5.41, 5.74) is 2.67. The maximum Gasteiger partial charge on any atom is 0.121 e. The van der Waals surface area contributed by atoms with E-state index in [0.717, 1.165) is 5.56 Å². The average molecular weight is 121 g/mol. The van der Waals surface area contributed by atoms with E-state index in [0.29, 0.717) is 0 Å². The van der Waals surface area contributed by atoms with Crippen LogP contribution in [0.2, 0.25) is 0 Å². The molecule has 0 saturated heterocycles. The summed E-state index contributed by atoms with van der Waals surface area (Å²) in [6.07, 6.45) is 0. The highest BCUT2D eigenvalue weighted by Crippen LogP contribution is 1.97. The van der Waals surface area contributed by atoms with Crippen molar-refractivity contribution in [2.45, 2.75) is 0 Å².